The average molecular weight is 465 g/mol. The number of benzene rings is 2. The van der Waals surface area contributed by atoms with Gasteiger partial charge in [0.1, 0.15) is 0 Å². The number of hydrogen-bond donors (Lipinski definition) is 0. The van der Waals surface area contributed by atoms with Gasteiger partial charge in [-0.05, 0) is 57.0 Å². The number of hydrogen-bond acceptors (Lipinski definition) is 7. The summed E-state index contributed by atoms with van der Waals surface area (Å²) in [5, 5.41) is 4.11. The molecule has 0 unspecified atom stereocenters. The number of aromatic nitrogens is 2. The van der Waals surface area contributed by atoms with Crippen molar-refractivity contribution in [2.24, 2.45) is 5.92 Å². The van der Waals surface area contributed by atoms with Gasteiger partial charge in [0, 0.05) is 30.9 Å². The van der Waals surface area contributed by atoms with Crippen molar-refractivity contribution in [1.29, 1.82) is 0 Å². The van der Waals surface area contributed by atoms with Gasteiger partial charge in [0.2, 0.25) is 17.6 Å². The Morgan fingerprint density at radius 2 is 1.91 bits per heavy atom. The fourth-order valence-electron chi connectivity index (χ4n) is 4.35. The summed E-state index contributed by atoms with van der Waals surface area (Å²) in [5.74, 6) is 2.15. The van der Waals surface area contributed by atoms with Crippen molar-refractivity contribution in [3.05, 3.63) is 53.9 Å². The van der Waals surface area contributed by atoms with Crippen molar-refractivity contribution in [3.8, 4) is 22.9 Å². The maximum atomic E-state index is 13.4. The molecule has 1 aliphatic heterocycles. The normalized spacial score (nSPS) is 15.8. The van der Waals surface area contributed by atoms with Crippen molar-refractivity contribution >= 4 is 11.6 Å². The molecule has 1 amide bonds. The zero-order chi connectivity index (χ0) is 24.1. The van der Waals surface area contributed by atoms with Crippen LogP contribution < -0.4 is 14.4 Å². The number of carbonyl (C=O) groups excluding carboxylic acids is 1. The molecule has 34 heavy (non-hydrogen) atoms. The van der Waals surface area contributed by atoms with E-state index in [1.54, 1.807) is 31.3 Å². The van der Waals surface area contributed by atoms with Gasteiger partial charge >= 0.3 is 0 Å². The van der Waals surface area contributed by atoms with E-state index >= 15 is 0 Å². The molecule has 180 valence electrons. The molecule has 2 aromatic carbocycles. The zero-order valence-electron chi connectivity index (χ0n) is 20.3. The molecule has 1 fully saturated rings. The molecule has 0 spiro atoms. The highest BCUT2D eigenvalue weighted by Gasteiger charge is 2.30. The predicted molar refractivity (Wildman–Crippen MR) is 130 cm³/mol. The summed E-state index contributed by atoms with van der Waals surface area (Å²) in [6.45, 7) is 6.62. The topological polar surface area (TPSA) is 80.9 Å². The largest absolute Gasteiger partial charge is 0.493 e. The monoisotopic (exact) mass is 464 g/mol. The Morgan fingerprint density at radius 3 is 2.62 bits per heavy atom. The fourth-order valence-corrected chi connectivity index (χ4v) is 4.35. The van der Waals surface area contributed by atoms with Crippen LogP contribution in [0.1, 0.15) is 31.2 Å². The van der Waals surface area contributed by atoms with Crippen LogP contribution in [0, 0.1) is 12.8 Å². The van der Waals surface area contributed by atoms with Gasteiger partial charge in [-0.15, -0.1) is 0 Å². The summed E-state index contributed by atoms with van der Waals surface area (Å²) in [7, 11) is 3.17. The molecule has 8 nitrogen and oxygen atoms in total. The Morgan fingerprint density at radius 1 is 1.15 bits per heavy atom. The lowest BCUT2D eigenvalue weighted by atomic mass is 9.95. The molecule has 3 aromatic rings. The Kier molecular flexibility index (Phi) is 7.35. The first kappa shape index (κ1) is 23.6. The van der Waals surface area contributed by atoms with Crippen LogP contribution >= 0.6 is 0 Å². The van der Waals surface area contributed by atoms with Crippen LogP contribution in [0.15, 0.2) is 47.0 Å². The third-order valence-electron chi connectivity index (χ3n) is 6.30. The SMILES string of the molecule is CCN(Cc1nc(-c2ccc(OC)c(OC)c2)no1)C(=O)[C@H]1CCCN(c2ccc(C)cc2)C1. The highest BCUT2D eigenvalue weighted by Crippen LogP contribution is 2.31. The number of ether oxygens (including phenoxy) is 2. The van der Waals surface area contributed by atoms with E-state index in [9.17, 15) is 4.79 Å². The number of carbonyl (C=O) groups is 1. The molecule has 0 aliphatic carbocycles. The number of amides is 1. The third-order valence-corrected chi connectivity index (χ3v) is 6.30. The number of nitrogens with zero attached hydrogens (tertiary/aromatic N) is 4. The molecule has 0 N–H and O–H groups in total. The van der Waals surface area contributed by atoms with E-state index in [-0.39, 0.29) is 18.4 Å². The highest BCUT2D eigenvalue weighted by molar-refractivity contribution is 5.79. The molecular weight excluding hydrogens is 432 g/mol. The lowest BCUT2D eigenvalue weighted by Gasteiger charge is -2.35. The minimum Gasteiger partial charge on any atom is -0.493 e. The van der Waals surface area contributed by atoms with Crippen LogP contribution in [0.2, 0.25) is 0 Å². The van der Waals surface area contributed by atoms with Crippen molar-refractivity contribution in [2.75, 3.05) is 38.8 Å². The second-order valence-electron chi connectivity index (χ2n) is 8.55. The molecule has 0 radical (unpaired) electrons. The number of anilines is 1. The molecule has 0 saturated carbocycles. The van der Waals surface area contributed by atoms with Gasteiger partial charge in [-0.25, -0.2) is 0 Å². The summed E-state index contributed by atoms with van der Waals surface area (Å²) in [5.41, 5.74) is 3.16. The molecule has 2 heterocycles. The minimum absolute atomic E-state index is 0.0526. The lowest BCUT2D eigenvalue weighted by Crippen LogP contribution is -2.44. The van der Waals surface area contributed by atoms with Crippen molar-refractivity contribution in [3.63, 3.8) is 0 Å². The van der Waals surface area contributed by atoms with Gasteiger partial charge in [-0.1, -0.05) is 22.9 Å². The molecule has 1 atom stereocenters. The molecule has 4 rings (SSSR count). The quantitative estimate of drug-likeness (QED) is 0.491. The van der Waals surface area contributed by atoms with Gasteiger partial charge in [0.15, 0.2) is 11.5 Å². The maximum Gasteiger partial charge on any atom is 0.246 e. The smallest absolute Gasteiger partial charge is 0.246 e. The Hall–Kier alpha value is -3.55. The second kappa shape index (κ2) is 10.6. The molecule has 1 aliphatic rings. The number of piperidine rings is 1. The number of rotatable bonds is 8. The van der Waals surface area contributed by atoms with Crippen LogP contribution in [0.25, 0.3) is 11.4 Å². The first-order valence-corrected chi connectivity index (χ1v) is 11.7. The van der Waals surface area contributed by atoms with Crippen molar-refractivity contribution in [2.45, 2.75) is 33.2 Å². The first-order chi connectivity index (χ1) is 16.5. The molecule has 0 bridgehead atoms. The predicted octanol–water partition coefficient (Wildman–Crippen LogP) is 4.33. The maximum absolute atomic E-state index is 13.4. The summed E-state index contributed by atoms with van der Waals surface area (Å²) < 4.78 is 16.1. The molecule has 1 aromatic heterocycles. The standard InChI is InChI=1S/C26H32N4O4/c1-5-29(26(31)20-7-6-14-30(16-20)21-11-8-18(2)9-12-21)17-24-27-25(28-34-24)19-10-13-22(32-3)23(15-19)33-4/h8-13,15,20H,5-7,14,16-17H2,1-4H3/t20-/m0/s1. The van der Waals surface area contributed by atoms with Gasteiger partial charge in [0.05, 0.1) is 26.7 Å². The van der Waals surface area contributed by atoms with Gasteiger partial charge in [-0.2, -0.15) is 4.98 Å². The van der Waals surface area contributed by atoms with Gasteiger partial charge in [-0.3, -0.25) is 4.79 Å². The van der Waals surface area contributed by atoms with Crippen LogP contribution in [-0.2, 0) is 11.3 Å². The van der Waals surface area contributed by atoms with E-state index in [0.29, 0.717) is 29.8 Å². The van der Waals surface area contributed by atoms with E-state index in [2.05, 4.69) is 46.2 Å². The summed E-state index contributed by atoms with van der Waals surface area (Å²) in [4.78, 5) is 22.0. The Bertz CT molecular complexity index is 1110. The second-order valence-corrected chi connectivity index (χ2v) is 8.55. The lowest BCUT2D eigenvalue weighted by molar-refractivity contribution is -0.136. The van der Waals surface area contributed by atoms with Crippen LogP contribution in [0.3, 0.4) is 0 Å². The van der Waals surface area contributed by atoms with Crippen molar-refractivity contribution in [1.82, 2.24) is 15.0 Å². The van der Waals surface area contributed by atoms with E-state index in [4.69, 9.17) is 14.0 Å². The van der Waals surface area contributed by atoms with E-state index < -0.39 is 0 Å². The minimum atomic E-state index is -0.0526. The van der Waals surface area contributed by atoms with Crippen LogP contribution in [0.5, 0.6) is 11.5 Å². The fraction of sp³-hybridized carbons (Fsp3) is 0.423. The average Bonchev–Trinajstić information content (AvgIpc) is 3.35. The van der Waals surface area contributed by atoms with E-state index in [1.165, 1.54) is 11.3 Å². The van der Waals surface area contributed by atoms with Crippen LogP contribution in [-0.4, -0.2) is 54.8 Å². The molecule has 1 saturated heterocycles. The van der Waals surface area contributed by atoms with Gasteiger partial charge in [0.25, 0.3) is 0 Å². The Labute approximate surface area is 200 Å². The molecule has 8 heteroatoms. The highest BCUT2D eigenvalue weighted by atomic mass is 16.5. The summed E-state index contributed by atoms with van der Waals surface area (Å²) in [6, 6.07) is 13.9. The van der Waals surface area contributed by atoms with Gasteiger partial charge < -0.3 is 23.8 Å². The zero-order valence-corrected chi connectivity index (χ0v) is 20.3. The number of methoxy groups -OCH3 is 2. The molecular formula is C26H32N4O4. The Balaban J connectivity index is 1.43. The van der Waals surface area contributed by atoms with E-state index in [0.717, 1.165) is 31.5 Å². The summed E-state index contributed by atoms with van der Waals surface area (Å²) >= 11 is 0. The van der Waals surface area contributed by atoms with Crippen LogP contribution in [0.4, 0.5) is 5.69 Å². The van der Waals surface area contributed by atoms with E-state index in [1.807, 2.05) is 13.0 Å². The third kappa shape index (κ3) is 5.16. The first-order valence-electron chi connectivity index (χ1n) is 11.7. The van der Waals surface area contributed by atoms with Crippen molar-refractivity contribution < 1.29 is 18.8 Å². The summed E-state index contributed by atoms with van der Waals surface area (Å²) in [6.07, 6.45) is 1.88. The number of aryl methyl sites for hydroxylation is 1.